The molecular weight excluding hydrogens is 184 g/mol. The van der Waals surface area contributed by atoms with Crippen molar-refractivity contribution in [3.8, 4) is 0 Å². The average Bonchev–Trinajstić information content (AvgIpc) is 2.53. The van der Waals surface area contributed by atoms with Crippen molar-refractivity contribution >= 4 is 17.2 Å². The van der Waals surface area contributed by atoms with Gasteiger partial charge in [-0.25, -0.2) is 0 Å². The van der Waals surface area contributed by atoms with Gasteiger partial charge in [-0.1, -0.05) is 12.2 Å². The summed E-state index contributed by atoms with van der Waals surface area (Å²) in [7, 11) is 2.01. The SMILES string of the molecule is CN(CCC(N)=S)Cc1ccco1. The lowest BCUT2D eigenvalue weighted by Crippen LogP contribution is -2.23. The van der Waals surface area contributed by atoms with Crippen molar-refractivity contribution in [1.29, 1.82) is 0 Å². The molecule has 0 aromatic carbocycles. The van der Waals surface area contributed by atoms with Crippen LogP contribution in [0, 0.1) is 0 Å². The van der Waals surface area contributed by atoms with Gasteiger partial charge < -0.3 is 10.2 Å². The Morgan fingerprint density at radius 1 is 1.69 bits per heavy atom. The van der Waals surface area contributed by atoms with Gasteiger partial charge in [0.1, 0.15) is 5.76 Å². The summed E-state index contributed by atoms with van der Waals surface area (Å²) in [6.07, 6.45) is 2.43. The van der Waals surface area contributed by atoms with Gasteiger partial charge in [0.15, 0.2) is 0 Å². The normalized spacial score (nSPS) is 10.6. The van der Waals surface area contributed by atoms with Crippen LogP contribution in [0.3, 0.4) is 0 Å². The van der Waals surface area contributed by atoms with Crippen LogP contribution in [-0.4, -0.2) is 23.5 Å². The second-order valence-corrected chi connectivity index (χ2v) is 3.56. The number of thiocarbonyl (C=S) groups is 1. The smallest absolute Gasteiger partial charge is 0.117 e. The van der Waals surface area contributed by atoms with Crippen LogP contribution in [0.4, 0.5) is 0 Å². The van der Waals surface area contributed by atoms with Crippen LogP contribution in [0.25, 0.3) is 0 Å². The Hall–Kier alpha value is -0.870. The number of hydrogen-bond acceptors (Lipinski definition) is 3. The molecule has 3 nitrogen and oxygen atoms in total. The van der Waals surface area contributed by atoms with Crippen molar-refractivity contribution in [1.82, 2.24) is 4.90 Å². The highest BCUT2D eigenvalue weighted by molar-refractivity contribution is 7.80. The van der Waals surface area contributed by atoms with Gasteiger partial charge in [0.25, 0.3) is 0 Å². The van der Waals surface area contributed by atoms with Gasteiger partial charge in [0, 0.05) is 13.0 Å². The molecule has 1 heterocycles. The predicted molar refractivity (Wildman–Crippen MR) is 56.4 cm³/mol. The number of furan rings is 1. The molecule has 0 aliphatic carbocycles. The Kier molecular flexibility index (Phi) is 3.92. The third kappa shape index (κ3) is 4.05. The zero-order valence-corrected chi connectivity index (χ0v) is 8.51. The van der Waals surface area contributed by atoms with Gasteiger partial charge >= 0.3 is 0 Å². The van der Waals surface area contributed by atoms with E-state index in [9.17, 15) is 0 Å². The molecule has 4 heteroatoms. The van der Waals surface area contributed by atoms with Crippen molar-refractivity contribution < 1.29 is 4.42 Å². The summed E-state index contributed by atoms with van der Waals surface area (Å²) in [4.78, 5) is 2.68. The summed E-state index contributed by atoms with van der Waals surface area (Å²) in [5.74, 6) is 0.963. The van der Waals surface area contributed by atoms with Crippen LogP contribution in [-0.2, 0) is 6.54 Å². The Labute approximate surface area is 83.5 Å². The molecular formula is C9H14N2OS. The minimum Gasteiger partial charge on any atom is -0.468 e. The first-order chi connectivity index (χ1) is 6.18. The maximum Gasteiger partial charge on any atom is 0.117 e. The highest BCUT2D eigenvalue weighted by Crippen LogP contribution is 2.03. The summed E-state index contributed by atoms with van der Waals surface area (Å²) in [5.41, 5.74) is 5.40. The fraction of sp³-hybridized carbons (Fsp3) is 0.444. The fourth-order valence-electron chi connectivity index (χ4n) is 1.05. The zero-order chi connectivity index (χ0) is 9.68. The predicted octanol–water partition coefficient (Wildman–Crippen LogP) is 1.39. The van der Waals surface area contributed by atoms with Crippen LogP contribution < -0.4 is 5.73 Å². The summed E-state index contributed by atoms with van der Waals surface area (Å²) in [5, 5.41) is 0. The lowest BCUT2D eigenvalue weighted by Gasteiger charge is -2.13. The van der Waals surface area contributed by atoms with E-state index in [2.05, 4.69) is 4.90 Å². The summed E-state index contributed by atoms with van der Waals surface area (Å²) >= 11 is 4.79. The largest absolute Gasteiger partial charge is 0.468 e. The van der Waals surface area contributed by atoms with E-state index in [1.165, 1.54) is 0 Å². The van der Waals surface area contributed by atoms with Crippen molar-refractivity contribution in [2.75, 3.05) is 13.6 Å². The molecule has 0 aliphatic rings. The van der Waals surface area contributed by atoms with Crippen molar-refractivity contribution in [2.45, 2.75) is 13.0 Å². The Balaban J connectivity index is 2.25. The van der Waals surface area contributed by atoms with Crippen molar-refractivity contribution in [3.05, 3.63) is 24.2 Å². The third-order valence-corrected chi connectivity index (χ3v) is 1.95. The monoisotopic (exact) mass is 198 g/mol. The number of hydrogen-bond donors (Lipinski definition) is 1. The summed E-state index contributed by atoms with van der Waals surface area (Å²) in [6, 6.07) is 3.84. The van der Waals surface area contributed by atoms with Crippen LogP contribution in [0.1, 0.15) is 12.2 Å². The van der Waals surface area contributed by atoms with E-state index >= 15 is 0 Å². The standard InChI is InChI=1S/C9H14N2OS/c1-11(5-4-9(10)13)7-8-3-2-6-12-8/h2-3,6H,4-5,7H2,1H3,(H2,10,13). The number of nitrogens with zero attached hydrogens (tertiary/aromatic N) is 1. The lowest BCUT2D eigenvalue weighted by molar-refractivity contribution is 0.303. The molecule has 0 atom stereocenters. The van der Waals surface area contributed by atoms with E-state index in [4.69, 9.17) is 22.4 Å². The first-order valence-electron chi connectivity index (χ1n) is 4.17. The molecule has 1 aromatic rings. The number of rotatable bonds is 5. The van der Waals surface area contributed by atoms with Gasteiger partial charge in [0.05, 0.1) is 17.8 Å². The average molecular weight is 198 g/mol. The topological polar surface area (TPSA) is 42.4 Å². The van der Waals surface area contributed by atoms with Crippen LogP contribution >= 0.6 is 12.2 Å². The molecule has 0 amide bonds. The molecule has 0 unspecified atom stereocenters. The van der Waals surface area contributed by atoms with Crippen molar-refractivity contribution in [2.24, 2.45) is 5.73 Å². The maximum atomic E-state index is 5.40. The maximum absolute atomic E-state index is 5.40. The van der Waals surface area contributed by atoms with E-state index < -0.39 is 0 Å². The first kappa shape index (κ1) is 10.2. The van der Waals surface area contributed by atoms with E-state index in [1.54, 1.807) is 6.26 Å². The molecule has 0 fully saturated rings. The highest BCUT2D eigenvalue weighted by Gasteiger charge is 2.02. The molecule has 2 N–H and O–H groups in total. The second kappa shape index (κ2) is 4.99. The molecule has 0 radical (unpaired) electrons. The first-order valence-corrected chi connectivity index (χ1v) is 4.58. The Morgan fingerprint density at radius 3 is 3.00 bits per heavy atom. The van der Waals surface area contributed by atoms with E-state index in [1.807, 2.05) is 19.2 Å². The lowest BCUT2D eigenvalue weighted by atomic mass is 10.3. The molecule has 1 aromatic heterocycles. The third-order valence-electron chi connectivity index (χ3n) is 1.75. The fourth-order valence-corrected chi connectivity index (χ4v) is 1.14. The van der Waals surface area contributed by atoms with Gasteiger partial charge in [-0.05, 0) is 19.2 Å². The molecule has 0 spiro atoms. The quantitative estimate of drug-likeness (QED) is 0.726. The van der Waals surface area contributed by atoms with Crippen LogP contribution in [0.2, 0.25) is 0 Å². The molecule has 0 saturated carbocycles. The van der Waals surface area contributed by atoms with Crippen molar-refractivity contribution in [3.63, 3.8) is 0 Å². The van der Waals surface area contributed by atoms with E-state index in [-0.39, 0.29) is 0 Å². The highest BCUT2D eigenvalue weighted by atomic mass is 32.1. The van der Waals surface area contributed by atoms with Gasteiger partial charge in [-0.2, -0.15) is 0 Å². The molecule has 0 aliphatic heterocycles. The molecule has 1 rings (SSSR count). The Bertz CT molecular complexity index is 259. The summed E-state index contributed by atoms with van der Waals surface area (Å²) in [6.45, 7) is 1.67. The Morgan fingerprint density at radius 2 is 2.46 bits per heavy atom. The van der Waals surface area contributed by atoms with Gasteiger partial charge in [0.2, 0.25) is 0 Å². The molecule has 13 heavy (non-hydrogen) atoms. The zero-order valence-electron chi connectivity index (χ0n) is 7.69. The van der Waals surface area contributed by atoms with E-state index in [0.717, 1.165) is 25.3 Å². The second-order valence-electron chi connectivity index (χ2n) is 3.03. The molecule has 0 saturated heterocycles. The minimum absolute atomic E-state index is 0.561. The minimum atomic E-state index is 0.561. The van der Waals surface area contributed by atoms with Crippen LogP contribution in [0.5, 0.6) is 0 Å². The summed E-state index contributed by atoms with van der Waals surface area (Å²) < 4.78 is 5.21. The van der Waals surface area contributed by atoms with Crippen LogP contribution in [0.15, 0.2) is 22.8 Å². The van der Waals surface area contributed by atoms with Gasteiger partial charge in [-0.3, -0.25) is 4.90 Å². The molecule has 72 valence electrons. The van der Waals surface area contributed by atoms with E-state index in [0.29, 0.717) is 4.99 Å². The molecule has 0 bridgehead atoms. The van der Waals surface area contributed by atoms with Gasteiger partial charge in [-0.15, -0.1) is 0 Å². The number of nitrogens with two attached hydrogens (primary N) is 1.